The highest BCUT2D eigenvalue weighted by Crippen LogP contribution is 2.05. The Morgan fingerprint density at radius 1 is 1.87 bits per heavy atom. The van der Waals surface area contributed by atoms with Crippen molar-refractivity contribution < 1.29 is 4.79 Å². The zero-order chi connectivity index (χ0) is 11.3. The van der Waals surface area contributed by atoms with Crippen LogP contribution in [0.15, 0.2) is 12.4 Å². The van der Waals surface area contributed by atoms with E-state index in [1.807, 2.05) is 6.92 Å². The molecule has 0 fully saturated rings. The topological polar surface area (TPSA) is 83.8 Å². The summed E-state index contributed by atoms with van der Waals surface area (Å²) in [6.45, 7) is 1.82. The molecule has 0 aromatic carbocycles. The number of carbonyl (C=O) groups is 1. The maximum absolute atomic E-state index is 11.5. The second kappa shape index (κ2) is 5.17. The fourth-order valence-electron chi connectivity index (χ4n) is 1.12. The van der Waals surface area contributed by atoms with Gasteiger partial charge in [-0.1, -0.05) is 0 Å². The highest BCUT2D eigenvalue weighted by molar-refractivity contribution is 5.82. The predicted octanol–water partition coefficient (Wildman–Crippen LogP) is -0.0625. The quantitative estimate of drug-likeness (QED) is 0.603. The van der Waals surface area contributed by atoms with Crippen LogP contribution in [-0.2, 0) is 4.79 Å². The highest BCUT2D eigenvalue weighted by atomic mass is 16.2. The molecule has 0 radical (unpaired) electrons. The molecule has 1 aromatic heterocycles. The monoisotopic (exact) mass is 206 g/mol. The SMILES string of the molecule is C#CCC(N)C(=O)NC(C)c1ncc[nH]1. The van der Waals surface area contributed by atoms with Crippen LogP contribution in [0.2, 0.25) is 0 Å². The van der Waals surface area contributed by atoms with Crippen molar-refractivity contribution in [3.8, 4) is 12.3 Å². The number of amides is 1. The number of nitrogens with one attached hydrogen (secondary N) is 2. The Morgan fingerprint density at radius 3 is 3.13 bits per heavy atom. The smallest absolute Gasteiger partial charge is 0.238 e. The fourth-order valence-corrected chi connectivity index (χ4v) is 1.12. The fraction of sp³-hybridized carbons (Fsp3) is 0.400. The second-order valence-electron chi connectivity index (χ2n) is 3.22. The van der Waals surface area contributed by atoms with E-state index in [4.69, 9.17) is 12.2 Å². The summed E-state index contributed by atoms with van der Waals surface area (Å²) in [4.78, 5) is 18.4. The third-order valence-corrected chi connectivity index (χ3v) is 1.96. The van der Waals surface area contributed by atoms with Crippen molar-refractivity contribution in [3.05, 3.63) is 18.2 Å². The predicted molar refractivity (Wildman–Crippen MR) is 56.6 cm³/mol. The molecule has 0 aliphatic rings. The first-order valence-electron chi connectivity index (χ1n) is 4.64. The van der Waals surface area contributed by atoms with Gasteiger partial charge in [-0.15, -0.1) is 12.3 Å². The molecule has 0 aliphatic carbocycles. The van der Waals surface area contributed by atoms with Crippen LogP contribution in [0.3, 0.4) is 0 Å². The van der Waals surface area contributed by atoms with Gasteiger partial charge in [0.1, 0.15) is 5.82 Å². The number of rotatable bonds is 4. The minimum atomic E-state index is -0.660. The minimum absolute atomic E-state index is 0.198. The van der Waals surface area contributed by atoms with Crippen molar-refractivity contribution >= 4 is 5.91 Å². The zero-order valence-electron chi connectivity index (χ0n) is 8.53. The van der Waals surface area contributed by atoms with Crippen LogP contribution in [0, 0.1) is 12.3 Å². The number of nitrogens with two attached hydrogens (primary N) is 1. The third-order valence-electron chi connectivity index (χ3n) is 1.96. The first kappa shape index (κ1) is 11.3. The lowest BCUT2D eigenvalue weighted by atomic mass is 10.2. The molecule has 80 valence electrons. The molecule has 4 N–H and O–H groups in total. The van der Waals surface area contributed by atoms with Crippen LogP contribution < -0.4 is 11.1 Å². The summed E-state index contributed by atoms with van der Waals surface area (Å²) < 4.78 is 0. The van der Waals surface area contributed by atoms with E-state index >= 15 is 0 Å². The maximum atomic E-state index is 11.5. The van der Waals surface area contributed by atoms with E-state index in [-0.39, 0.29) is 18.4 Å². The lowest BCUT2D eigenvalue weighted by Crippen LogP contribution is -2.41. The lowest BCUT2D eigenvalue weighted by molar-refractivity contribution is -0.122. The summed E-state index contributed by atoms with van der Waals surface area (Å²) in [6.07, 6.45) is 8.62. The molecule has 15 heavy (non-hydrogen) atoms. The van der Waals surface area contributed by atoms with Crippen molar-refractivity contribution in [2.24, 2.45) is 5.73 Å². The van der Waals surface area contributed by atoms with Crippen LogP contribution >= 0.6 is 0 Å². The van der Waals surface area contributed by atoms with E-state index in [2.05, 4.69) is 21.2 Å². The van der Waals surface area contributed by atoms with E-state index in [0.29, 0.717) is 5.82 Å². The lowest BCUT2D eigenvalue weighted by Gasteiger charge is -2.14. The largest absolute Gasteiger partial charge is 0.347 e. The standard InChI is InChI=1S/C10H14N4O/c1-3-4-8(11)10(15)14-7(2)9-12-5-6-13-9/h1,5-8H,4,11H2,2H3,(H,12,13)(H,14,15). The number of nitrogens with zero attached hydrogens (tertiary/aromatic N) is 1. The maximum Gasteiger partial charge on any atom is 0.238 e. The van der Waals surface area contributed by atoms with E-state index in [9.17, 15) is 4.79 Å². The van der Waals surface area contributed by atoms with Gasteiger partial charge in [-0.05, 0) is 6.92 Å². The average molecular weight is 206 g/mol. The normalized spacial score (nSPS) is 13.9. The van der Waals surface area contributed by atoms with Crippen molar-refractivity contribution in [1.82, 2.24) is 15.3 Å². The first-order valence-corrected chi connectivity index (χ1v) is 4.64. The van der Waals surface area contributed by atoms with Gasteiger partial charge in [0.15, 0.2) is 0 Å². The van der Waals surface area contributed by atoms with Gasteiger partial charge in [0.05, 0.1) is 12.1 Å². The molecule has 2 unspecified atom stereocenters. The van der Waals surface area contributed by atoms with Crippen LogP contribution in [0.4, 0.5) is 0 Å². The second-order valence-corrected chi connectivity index (χ2v) is 3.22. The van der Waals surface area contributed by atoms with Crippen LogP contribution in [0.1, 0.15) is 25.2 Å². The molecule has 1 amide bonds. The Bertz CT molecular complexity index is 352. The van der Waals surface area contributed by atoms with Gasteiger partial charge in [-0.3, -0.25) is 4.79 Å². The van der Waals surface area contributed by atoms with E-state index in [1.54, 1.807) is 12.4 Å². The van der Waals surface area contributed by atoms with Crippen LogP contribution in [-0.4, -0.2) is 21.9 Å². The Hall–Kier alpha value is -1.80. The number of terminal acetylenes is 1. The Labute approximate surface area is 88.5 Å². The van der Waals surface area contributed by atoms with E-state index in [1.165, 1.54) is 0 Å². The van der Waals surface area contributed by atoms with Crippen molar-refractivity contribution in [1.29, 1.82) is 0 Å². The first-order chi connectivity index (χ1) is 7.15. The molecule has 1 heterocycles. The molecule has 0 saturated carbocycles. The average Bonchev–Trinajstić information content (AvgIpc) is 2.70. The number of carbonyl (C=O) groups excluding carboxylic acids is 1. The summed E-state index contributed by atoms with van der Waals surface area (Å²) >= 11 is 0. The summed E-state index contributed by atoms with van der Waals surface area (Å²) in [5.74, 6) is 2.77. The summed E-state index contributed by atoms with van der Waals surface area (Å²) in [7, 11) is 0. The Kier molecular flexibility index (Phi) is 3.89. The molecule has 5 nitrogen and oxygen atoms in total. The number of hydrogen-bond acceptors (Lipinski definition) is 3. The van der Waals surface area contributed by atoms with Gasteiger partial charge in [0, 0.05) is 18.8 Å². The zero-order valence-corrected chi connectivity index (χ0v) is 8.53. The Balaban J connectivity index is 2.49. The van der Waals surface area contributed by atoms with Crippen LogP contribution in [0.25, 0.3) is 0 Å². The van der Waals surface area contributed by atoms with Crippen molar-refractivity contribution in [2.45, 2.75) is 25.4 Å². The molecule has 2 atom stereocenters. The van der Waals surface area contributed by atoms with Gasteiger partial charge >= 0.3 is 0 Å². The molecule has 0 spiro atoms. The molecule has 0 bridgehead atoms. The third kappa shape index (κ3) is 3.11. The minimum Gasteiger partial charge on any atom is -0.347 e. The molecular formula is C10H14N4O. The molecule has 5 heteroatoms. The number of H-pyrrole nitrogens is 1. The summed E-state index contributed by atoms with van der Waals surface area (Å²) in [5, 5.41) is 2.71. The highest BCUT2D eigenvalue weighted by Gasteiger charge is 2.16. The van der Waals surface area contributed by atoms with Gasteiger partial charge in [0.2, 0.25) is 5.91 Å². The van der Waals surface area contributed by atoms with E-state index in [0.717, 1.165) is 0 Å². The molecular weight excluding hydrogens is 192 g/mol. The molecule has 0 aliphatic heterocycles. The molecule has 1 rings (SSSR count). The van der Waals surface area contributed by atoms with Crippen molar-refractivity contribution in [3.63, 3.8) is 0 Å². The van der Waals surface area contributed by atoms with Gasteiger partial charge in [0.25, 0.3) is 0 Å². The molecule has 0 saturated heterocycles. The number of aromatic amines is 1. The Morgan fingerprint density at radius 2 is 2.60 bits per heavy atom. The number of imidazole rings is 1. The number of hydrogen-bond donors (Lipinski definition) is 3. The summed E-state index contributed by atoms with van der Waals surface area (Å²) in [5.41, 5.74) is 5.54. The van der Waals surface area contributed by atoms with Gasteiger partial charge in [-0.25, -0.2) is 4.98 Å². The van der Waals surface area contributed by atoms with Gasteiger partial charge < -0.3 is 16.0 Å². The molecule has 1 aromatic rings. The number of aromatic nitrogens is 2. The van der Waals surface area contributed by atoms with Gasteiger partial charge in [-0.2, -0.15) is 0 Å². The van der Waals surface area contributed by atoms with Crippen LogP contribution in [0.5, 0.6) is 0 Å². The van der Waals surface area contributed by atoms with Crippen molar-refractivity contribution in [2.75, 3.05) is 0 Å². The summed E-state index contributed by atoms with van der Waals surface area (Å²) in [6, 6.07) is -0.858. The van der Waals surface area contributed by atoms with E-state index < -0.39 is 6.04 Å².